The van der Waals surface area contributed by atoms with E-state index in [4.69, 9.17) is 9.47 Å². The maximum absolute atomic E-state index is 13.4. The SMILES string of the molecule is CC[C@@H]1CN2CCc3c([nH]c4cccc(OC)c34)[C@@H]2C[C@@H]1/C(=C\OC)C(=O)Nc1ccccc1. The lowest BCUT2D eigenvalue weighted by Gasteiger charge is -2.46. The van der Waals surface area contributed by atoms with Gasteiger partial charge >= 0.3 is 0 Å². The number of aromatic amines is 1. The van der Waals surface area contributed by atoms with E-state index in [2.05, 4.69) is 28.2 Å². The summed E-state index contributed by atoms with van der Waals surface area (Å²) < 4.78 is 11.1. The van der Waals surface area contributed by atoms with Crippen molar-refractivity contribution >= 4 is 22.5 Å². The molecule has 2 aromatic carbocycles. The second kappa shape index (κ2) is 9.55. The second-order valence-corrected chi connectivity index (χ2v) is 9.30. The highest BCUT2D eigenvalue weighted by molar-refractivity contribution is 6.04. The number of nitrogens with zero attached hydrogens (tertiary/aromatic N) is 1. The molecular weight excluding hydrogens is 426 g/mol. The number of benzene rings is 2. The fraction of sp³-hybridized carbons (Fsp3) is 0.393. The number of aromatic nitrogens is 1. The van der Waals surface area contributed by atoms with Crippen LogP contribution in [0.1, 0.15) is 37.1 Å². The number of para-hydroxylation sites is 1. The monoisotopic (exact) mass is 459 g/mol. The van der Waals surface area contributed by atoms with Crippen molar-refractivity contribution < 1.29 is 14.3 Å². The van der Waals surface area contributed by atoms with Crippen LogP contribution in [0.4, 0.5) is 5.69 Å². The standard InChI is InChI=1S/C28H33N3O3/c1-4-18-16-31-14-13-20-26-23(11-8-12-25(26)34-3)30-27(20)24(31)15-21(18)22(17-33-2)28(32)29-19-9-6-5-7-10-19/h5-12,17-18,21,24,30H,4,13-16H2,1-3H3,(H,29,32)/b22-17+/t18-,21+,24+/m1/s1. The molecule has 2 aliphatic rings. The number of hydrogen-bond acceptors (Lipinski definition) is 4. The fourth-order valence-electron chi connectivity index (χ4n) is 5.91. The number of ether oxygens (including phenoxy) is 2. The molecule has 178 valence electrons. The van der Waals surface area contributed by atoms with Crippen molar-refractivity contribution in [1.29, 1.82) is 0 Å². The molecule has 2 aliphatic heterocycles. The molecule has 34 heavy (non-hydrogen) atoms. The van der Waals surface area contributed by atoms with Gasteiger partial charge in [0.25, 0.3) is 5.91 Å². The van der Waals surface area contributed by atoms with Crippen molar-refractivity contribution in [2.45, 2.75) is 32.2 Å². The van der Waals surface area contributed by atoms with Gasteiger partial charge in [0.05, 0.1) is 32.1 Å². The largest absolute Gasteiger partial charge is 0.504 e. The molecule has 1 amide bonds. The Bertz CT molecular complexity index is 1200. The van der Waals surface area contributed by atoms with Crippen LogP contribution in [-0.4, -0.2) is 43.1 Å². The van der Waals surface area contributed by atoms with Crippen molar-refractivity contribution in [3.63, 3.8) is 0 Å². The molecule has 2 N–H and O–H groups in total. The Morgan fingerprint density at radius 2 is 2.00 bits per heavy atom. The third-order valence-corrected chi connectivity index (χ3v) is 7.54. The molecular formula is C28H33N3O3. The molecule has 1 fully saturated rings. The quantitative estimate of drug-likeness (QED) is 0.388. The number of hydrogen-bond donors (Lipinski definition) is 2. The van der Waals surface area contributed by atoms with Crippen molar-refractivity contribution in [3.8, 4) is 5.75 Å². The molecule has 0 aliphatic carbocycles. The average molecular weight is 460 g/mol. The highest BCUT2D eigenvalue weighted by Gasteiger charge is 2.42. The Morgan fingerprint density at radius 1 is 1.18 bits per heavy atom. The summed E-state index contributed by atoms with van der Waals surface area (Å²) in [6, 6.07) is 16.0. The minimum Gasteiger partial charge on any atom is -0.504 e. The summed E-state index contributed by atoms with van der Waals surface area (Å²) in [5, 5.41) is 4.27. The lowest BCUT2D eigenvalue weighted by Crippen LogP contribution is -2.47. The van der Waals surface area contributed by atoms with Gasteiger partial charge in [0.1, 0.15) is 5.75 Å². The molecule has 3 aromatic rings. The molecule has 0 radical (unpaired) electrons. The van der Waals surface area contributed by atoms with Gasteiger partial charge in [-0.05, 0) is 54.5 Å². The molecule has 6 nitrogen and oxygen atoms in total. The van der Waals surface area contributed by atoms with Gasteiger partial charge in [-0.15, -0.1) is 0 Å². The first kappa shape index (κ1) is 22.5. The topological polar surface area (TPSA) is 66.6 Å². The van der Waals surface area contributed by atoms with E-state index in [0.717, 1.165) is 54.9 Å². The Balaban J connectivity index is 1.49. The fourth-order valence-corrected chi connectivity index (χ4v) is 5.91. The Morgan fingerprint density at radius 3 is 2.74 bits per heavy atom. The van der Waals surface area contributed by atoms with Crippen molar-refractivity contribution in [1.82, 2.24) is 9.88 Å². The minimum atomic E-state index is -0.0840. The number of carbonyl (C=O) groups excluding carboxylic acids is 1. The number of anilines is 1. The molecule has 6 heteroatoms. The van der Waals surface area contributed by atoms with Gasteiger partial charge < -0.3 is 19.8 Å². The van der Waals surface area contributed by atoms with Crippen molar-refractivity contribution in [2.24, 2.45) is 11.8 Å². The predicted molar refractivity (Wildman–Crippen MR) is 135 cm³/mol. The Kier molecular flexibility index (Phi) is 6.33. The van der Waals surface area contributed by atoms with Crippen molar-refractivity contribution in [2.75, 3.05) is 32.6 Å². The number of nitrogens with one attached hydrogen (secondary N) is 2. The summed E-state index contributed by atoms with van der Waals surface area (Å²) in [6.45, 7) is 4.21. The highest BCUT2D eigenvalue weighted by atomic mass is 16.5. The van der Waals surface area contributed by atoms with Crippen LogP contribution >= 0.6 is 0 Å². The van der Waals surface area contributed by atoms with Crippen LogP contribution in [0.3, 0.4) is 0 Å². The molecule has 1 saturated heterocycles. The van der Waals surface area contributed by atoms with Crippen LogP contribution < -0.4 is 10.1 Å². The number of piperidine rings is 1. The molecule has 0 saturated carbocycles. The van der Waals surface area contributed by atoms with Crippen LogP contribution in [0.15, 0.2) is 60.4 Å². The molecule has 0 spiro atoms. The van der Waals surface area contributed by atoms with E-state index < -0.39 is 0 Å². The van der Waals surface area contributed by atoms with Crippen LogP contribution in [-0.2, 0) is 16.0 Å². The molecule has 1 aromatic heterocycles. The van der Waals surface area contributed by atoms with Gasteiger partial charge in [-0.25, -0.2) is 0 Å². The zero-order chi connectivity index (χ0) is 23.7. The van der Waals surface area contributed by atoms with Crippen LogP contribution in [0.2, 0.25) is 0 Å². The molecule has 0 unspecified atom stereocenters. The minimum absolute atomic E-state index is 0.0840. The molecule has 0 bridgehead atoms. The third-order valence-electron chi connectivity index (χ3n) is 7.54. The number of fused-ring (bicyclic) bond motifs is 5. The van der Waals surface area contributed by atoms with Gasteiger partial charge in [0.15, 0.2) is 0 Å². The normalized spacial score (nSPS) is 22.7. The van der Waals surface area contributed by atoms with E-state index in [1.807, 2.05) is 42.5 Å². The van der Waals surface area contributed by atoms with Crippen LogP contribution in [0, 0.1) is 11.8 Å². The summed E-state index contributed by atoms with van der Waals surface area (Å²) >= 11 is 0. The van der Waals surface area contributed by atoms with E-state index >= 15 is 0 Å². The summed E-state index contributed by atoms with van der Waals surface area (Å²) in [7, 11) is 3.35. The van der Waals surface area contributed by atoms with E-state index in [0.29, 0.717) is 5.92 Å². The summed E-state index contributed by atoms with van der Waals surface area (Å²) in [5.41, 5.74) is 5.26. The number of rotatable bonds is 6. The average Bonchev–Trinajstić information content (AvgIpc) is 3.26. The first-order valence-electron chi connectivity index (χ1n) is 12.1. The van der Waals surface area contributed by atoms with Crippen molar-refractivity contribution in [3.05, 3.63) is 71.6 Å². The number of carbonyl (C=O) groups is 1. The first-order valence-corrected chi connectivity index (χ1v) is 12.1. The van der Waals surface area contributed by atoms with Gasteiger partial charge in [-0.1, -0.05) is 37.6 Å². The zero-order valence-electron chi connectivity index (χ0n) is 20.1. The number of methoxy groups -OCH3 is 2. The van der Waals surface area contributed by atoms with E-state index in [-0.39, 0.29) is 17.9 Å². The maximum atomic E-state index is 13.4. The van der Waals surface area contributed by atoms with E-state index in [9.17, 15) is 4.79 Å². The van der Waals surface area contributed by atoms with Crippen LogP contribution in [0.25, 0.3) is 10.9 Å². The van der Waals surface area contributed by atoms with E-state index in [1.54, 1.807) is 20.5 Å². The van der Waals surface area contributed by atoms with Gasteiger partial charge in [-0.3, -0.25) is 9.69 Å². The summed E-state index contributed by atoms with van der Waals surface area (Å²) in [4.78, 5) is 19.7. The van der Waals surface area contributed by atoms with Gasteiger partial charge in [0, 0.05) is 35.4 Å². The zero-order valence-corrected chi connectivity index (χ0v) is 20.1. The molecule has 3 atom stereocenters. The molecule has 5 rings (SSSR count). The lowest BCUT2D eigenvalue weighted by atomic mass is 9.74. The summed E-state index contributed by atoms with van der Waals surface area (Å²) in [5.74, 6) is 1.33. The first-order chi connectivity index (χ1) is 16.6. The number of amides is 1. The molecule has 3 heterocycles. The third kappa shape index (κ3) is 3.96. The smallest absolute Gasteiger partial charge is 0.254 e. The summed E-state index contributed by atoms with van der Waals surface area (Å²) in [6.07, 6.45) is 4.54. The second-order valence-electron chi connectivity index (χ2n) is 9.30. The van der Waals surface area contributed by atoms with Gasteiger partial charge in [0.2, 0.25) is 0 Å². The van der Waals surface area contributed by atoms with E-state index in [1.165, 1.54) is 16.6 Å². The predicted octanol–water partition coefficient (Wildman–Crippen LogP) is 5.29. The van der Waals surface area contributed by atoms with Crippen LogP contribution in [0.5, 0.6) is 5.75 Å². The number of H-pyrrole nitrogens is 1. The maximum Gasteiger partial charge on any atom is 0.254 e. The Labute approximate surface area is 200 Å². The lowest BCUT2D eigenvalue weighted by molar-refractivity contribution is -0.114. The Hall–Kier alpha value is -3.25. The highest BCUT2D eigenvalue weighted by Crippen LogP contribution is 2.47. The van der Waals surface area contributed by atoms with Gasteiger partial charge in [-0.2, -0.15) is 0 Å².